The van der Waals surface area contributed by atoms with Crippen molar-refractivity contribution in [1.82, 2.24) is 0 Å². The molecule has 73 heavy (non-hydrogen) atoms. The maximum Gasteiger partial charge on any atom is 0.0279 e. The molecule has 1 heteroatoms. The van der Waals surface area contributed by atoms with Gasteiger partial charge in [0.1, 0.15) is 0 Å². The highest BCUT2D eigenvalue weighted by atomic mass is 32.2. The van der Waals surface area contributed by atoms with E-state index in [4.69, 9.17) is 0 Å². The molecule has 0 N–H and O–H groups in total. The quantitative estimate of drug-likeness (QED) is 0.0930. The van der Waals surface area contributed by atoms with Crippen LogP contribution in [0.2, 0.25) is 0 Å². The fourth-order valence-corrected chi connectivity index (χ4v) is 12.4. The smallest absolute Gasteiger partial charge is 0.0279 e. The van der Waals surface area contributed by atoms with Crippen LogP contribution in [0.1, 0.15) is 203 Å². The average Bonchev–Trinajstić information content (AvgIpc) is 3.37. The predicted octanol–water partition coefficient (Wildman–Crippen LogP) is 22.8. The Morgan fingerprint density at radius 1 is 0.233 bits per heavy atom. The maximum atomic E-state index is 2.57. The van der Waals surface area contributed by atoms with Gasteiger partial charge in [0.15, 0.2) is 0 Å². The first-order chi connectivity index (χ1) is 34.9. The van der Waals surface area contributed by atoms with Crippen LogP contribution >= 0.6 is 11.8 Å². The van der Waals surface area contributed by atoms with Crippen molar-refractivity contribution in [2.75, 3.05) is 0 Å². The molecule has 0 aliphatic heterocycles. The molecule has 8 aromatic rings. The molecule has 8 rings (SSSR count). The Hall–Kier alpha value is -5.89. The third-order valence-electron chi connectivity index (χ3n) is 15.1. The fourth-order valence-electron chi connectivity index (χ4n) is 11.4. The predicted molar refractivity (Wildman–Crippen MR) is 322 cm³/mol. The first-order valence-corrected chi connectivity index (χ1v) is 28.4. The minimum Gasteiger partial charge on any atom is -0.0888 e. The van der Waals surface area contributed by atoms with E-state index in [9.17, 15) is 0 Å². The Labute approximate surface area is 446 Å². The first kappa shape index (κ1) is 53.4. The van der Waals surface area contributed by atoms with Crippen LogP contribution < -0.4 is 0 Å². The normalized spacial score (nSPS) is 12.1. The molecule has 0 heterocycles. The highest BCUT2D eigenvalue weighted by Gasteiger charge is 2.26. The molecule has 0 spiro atoms. The van der Waals surface area contributed by atoms with Gasteiger partial charge in [-0.15, -0.1) is 0 Å². The van der Waals surface area contributed by atoms with E-state index in [1.807, 2.05) is 11.8 Å². The summed E-state index contributed by atoms with van der Waals surface area (Å²) in [6.07, 6.45) is 0. The summed E-state index contributed by atoms with van der Waals surface area (Å²) in [6, 6.07) is 61.3. The molecule has 0 unspecified atom stereocenters. The molecular weight excluding hydrogens is 897 g/mol. The second-order valence-electron chi connectivity index (χ2n) is 23.2. The van der Waals surface area contributed by atoms with Gasteiger partial charge in [-0.1, -0.05) is 232 Å². The Morgan fingerprint density at radius 3 is 0.890 bits per heavy atom. The van der Waals surface area contributed by atoms with Gasteiger partial charge in [0.25, 0.3) is 0 Å². The lowest BCUT2D eigenvalue weighted by molar-refractivity contribution is 0.836. The van der Waals surface area contributed by atoms with Crippen molar-refractivity contribution in [3.8, 4) is 66.8 Å². The van der Waals surface area contributed by atoms with Crippen molar-refractivity contribution in [3.63, 3.8) is 0 Å². The van der Waals surface area contributed by atoms with E-state index >= 15 is 0 Å². The van der Waals surface area contributed by atoms with Crippen molar-refractivity contribution in [1.29, 1.82) is 0 Å². The lowest BCUT2D eigenvalue weighted by atomic mass is 9.80. The zero-order valence-corrected chi connectivity index (χ0v) is 47.9. The van der Waals surface area contributed by atoms with Gasteiger partial charge in [-0.05, 0) is 207 Å². The summed E-state index contributed by atoms with van der Waals surface area (Å²) in [5.41, 5.74) is 26.9. The monoisotopic (exact) mass is 979 g/mol. The second-order valence-corrected chi connectivity index (χ2v) is 24.3. The molecule has 0 radical (unpaired) electrons. The summed E-state index contributed by atoms with van der Waals surface area (Å²) < 4.78 is 0. The molecule has 0 fully saturated rings. The second kappa shape index (κ2) is 22.7. The van der Waals surface area contributed by atoms with Gasteiger partial charge in [-0.2, -0.15) is 0 Å². The SMILES string of the molecule is CC(C)c1cccc(C(C)C)c1-c1cc(-c2cccc(-c3cc(-c4c(C(C)C)cccc4C(C)C)cc(-c4c(C(C)C)cccc4C(C)C)c3Sc3ccccc3)c2)cc(-c2c(C(C)C)cccc2C(C)C)c1. The number of hydrogen-bond acceptors (Lipinski definition) is 1. The van der Waals surface area contributed by atoms with Gasteiger partial charge in [0.2, 0.25) is 0 Å². The molecule has 0 aliphatic carbocycles. The van der Waals surface area contributed by atoms with Crippen LogP contribution in [0.15, 0.2) is 168 Å². The van der Waals surface area contributed by atoms with E-state index in [0.717, 1.165) is 0 Å². The zero-order chi connectivity index (χ0) is 52.4. The van der Waals surface area contributed by atoms with Crippen molar-refractivity contribution < 1.29 is 0 Å². The molecular formula is C72H82S. The van der Waals surface area contributed by atoms with Gasteiger partial charge in [0, 0.05) is 9.79 Å². The van der Waals surface area contributed by atoms with Crippen LogP contribution in [0.3, 0.4) is 0 Å². The fraction of sp³-hybridized carbons (Fsp3) is 0.333. The van der Waals surface area contributed by atoms with Crippen LogP contribution in [-0.2, 0) is 0 Å². The van der Waals surface area contributed by atoms with Gasteiger partial charge in [0.05, 0.1) is 0 Å². The van der Waals surface area contributed by atoms with Crippen molar-refractivity contribution in [3.05, 3.63) is 202 Å². The maximum absolute atomic E-state index is 2.57. The zero-order valence-electron chi connectivity index (χ0n) is 47.0. The molecule has 0 aromatic heterocycles. The van der Waals surface area contributed by atoms with Crippen molar-refractivity contribution in [2.24, 2.45) is 0 Å². The third kappa shape index (κ3) is 11.1. The van der Waals surface area contributed by atoms with Crippen molar-refractivity contribution >= 4 is 11.8 Å². The van der Waals surface area contributed by atoms with Gasteiger partial charge < -0.3 is 0 Å². The summed E-state index contributed by atoms with van der Waals surface area (Å²) >= 11 is 1.91. The molecule has 0 aliphatic rings. The average molecular weight is 980 g/mol. The Morgan fingerprint density at radius 2 is 0.521 bits per heavy atom. The molecule has 0 saturated carbocycles. The first-order valence-electron chi connectivity index (χ1n) is 27.6. The summed E-state index contributed by atoms with van der Waals surface area (Å²) in [7, 11) is 0. The molecule has 0 saturated heterocycles. The van der Waals surface area contributed by atoms with Gasteiger partial charge in [-0.3, -0.25) is 0 Å². The number of benzene rings is 8. The Balaban J connectivity index is 1.51. The minimum atomic E-state index is 0.337. The highest BCUT2D eigenvalue weighted by Crippen LogP contribution is 2.51. The Bertz CT molecular complexity index is 3020. The third-order valence-corrected chi connectivity index (χ3v) is 16.3. The van der Waals surface area contributed by atoms with E-state index in [1.54, 1.807) is 0 Å². The topological polar surface area (TPSA) is 0 Å². The van der Waals surface area contributed by atoms with Crippen LogP contribution in [0, 0.1) is 0 Å². The van der Waals surface area contributed by atoms with Gasteiger partial charge >= 0.3 is 0 Å². The van der Waals surface area contributed by atoms with Gasteiger partial charge in [-0.25, -0.2) is 0 Å². The minimum absolute atomic E-state index is 0.337. The lowest BCUT2D eigenvalue weighted by Gasteiger charge is -2.26. The highest BCUT2D eigenvalue weighted by molar-refractivity contribution is 7.99. The number of hydrogen-bond donors (Lipinski definition) is 0. The molecule has 376 valence electrons. The largest absolute Gasteiger partial charge is 0.0888 e. The van der Waals surface area contributed by atoms with E-state index in [2.05, 4.69) is 269 Å². The molecule has 0 atom stereocenters. The summed E-state index contributed by atoms with van der Waals surface area (Å²) in [4.78, 5) is 2.53. The molecule has 0 nitrogen and oxygen atoms in total. The van der Waals surface area contributed by atoms with E-state index in [-0.39, 0.29) is 0 Å². The molecule has 0 amide bonds. The van der Waals surface area contributed by atoms with E-state index in [0.29, 0.717) is 47.3 Å². The summed E-state index contributed by atoms with van der Waals surface area (Å²) in [6.45, 7) is 37.7. The van der Waals surface area contributed by atoms with Crippen molar-refractivity contribution in [2.45, 2.75) is 168 Å². The summed E-state index contributed by atoms with van der Waals surface area (Å²) in [5, 5.41) is 0. The van der Waals surface area contributed by atoms with E-state index < -0.39 is 0 Å². The van der Waals surface area contributed by atoms with E-state index in [1.165, 1.54) is 121 Å². The van der Waals surface area contributed by atoms with Crippen LogP contribution in [0.4, 0.5) is 0 Å². The summed E-state index contributed by atoms with van der Waals surface area (Å²) in [5.74, 6) is 2.86. The molecule has 0 bridgehead atoms. The van der Waals surface area contributed by atoms with Crippen LogP contribution in [0.25, 0.3) is 66.8 Å². The standard InChI is InChI=1S/C72H82S/c1-43(2)58-29-21-30-59(44(3)4)68(58)54-38-53(39-55(40-54)69-60(45(5)6)31-22-32-61(69)46(7)8)51-25-20-26-52(37-51)66-41-56(70-62(47(9)10)33-23-34-63(70)48(11)12)42-67(72(66)73-57-27-18-17-19-28-57)71-64(49(13)14)35-24-36-65(71)50(15)16/h17-50H,1-16H3. The molecule has 8 aromatic carbocycles. The van der Waals surface area contributed by atoms with Crippen LogP contribution in [0.5, 0.6) is 0 Å². The van der Waals surface area contributed by atoms with Crippen LogP contribution in [-0.4, -0.2) is 0 Å². The number of rotatable bonds is 16. The lowest BCUT2D eigenvalue weighted by Crippen LogP contribution is -2.04. The Kier molecular flexibility index (Phi) is 16.6.